The molecule has 0 radical (unpaired) electrons. The number of hydrogen-bond acceptors (Lipinski definition) is 6. The van der Waals surface area contributed by atoms with E-state index in [1.54, 1.807) is 6.92 Å². The Morgan fingerprint density at radius 1 is 1.24 bits per heavy atom. The molecule has 0 spiro atoms. The molecule has 0 saturated heterocycles. The summed E-state index contributed by atoms with van der Waals surface area (Å²) in [5, 5.41) is 9.58. The van der Waals surface area contributed by atoms with Gasteiger partial charge in [-0.15, -0.1) is 0 Å². The molecule has 0 fully saturated rings. The predicted octanol–water partition coefficient (Wildman–Crippen LogP) is 2.42. The quantitative estimate of drug-likeness (QED) is 0.455. The van der Waals surface area contributed by atoms with Crippen molar-refractivity contribution in [1.29, 1.82) is 5.41 Å². The maximum atomic E-state index is 12.7. The largest absolute Gasteiger partial charge is 0.416 e. The average molecular weight is 408 g/mol. The number of carbonyl (C=O) groups is 2. The molecule has 2 aromatic rings. The van der Waals surface area contributed by atoms with E-state index in [0.717, 1.165) is 29.4 Å². The topological polar surface area (TPSA) is 138 Å². The van der Waals surface area contributed by atoms with E-state index in [-0.39, 0.29) is 22.8 Å². The van der Waals surface area contributed by atoms with Gasteiger partial charge in [0, 0.05) is 13.3 Å². The van der Waals surface area contributed by atoms with Crippen molar-refractivity contribution in [3.05, 3.63) is 47.2 Å². The van der Waals surface area contributed by atoms with Crippen molar-refractivity contribution in [1.82, 2.24) is 9.88 Å². The normalized spacial score (nSPS) is 12.2. The number of halogens is 3. The number of hydrogen-bond donors (Lipinski definition) is 4. The number of nitrogen functional groups attached to an aromatic ring is 2. The Kier molecular flexibility index (Phi) is 6.10. The molecule has 2 rings (SSSR count). The molecule has 8 nitrogen and oxygen atoms in total. The number of nitrogens with one attached hydrogen (secondary N) is 2. The zero-order valence-corrected chi connectivity index (χ0v) is 15.5. The molecule has 1 unspecified atom stereocenters. The molecule has 1 aromatic heterocycles. The van der Waals surface area contributed by atoms with Gasteiger partial charge in [-0.2, -0.15) is 13.2 Å². The summed E-state index contributed by atoms with van der Waals surface area (Å²) >= 11 is 0. The summed E-state index contributed by atoms with van der Waals surface area (Å²) in [6.45, 7) is 1.57. The summed E-state index contributed by atoms with van der Waals surface area (Å²) in [6, 6.07) is 3.63. The monoisotopic (exact) mass is 408 g/mol. The van der Waals surface area contributed by atoms with Crippen LogP contribution < -0.4 is 16.8 Å². The number of nitrogens with zero attached hydrogens (tertiary/aromatic N) is 2. The first-order valence-electron chi connectivity index (χ1n) is 8.27. The highest BCUT2D eigenvalue weighted by atomic mass is 19.4. The molecular weight excluding hydrogens is 389 g/mol. The lowest BCUT2D eigenvalue weighted by molar-refractivity contribution is -0.143. The Morgan fingerprint density at radius 2 is 1.83 bits per heavy atom. The van der Waals surface area contributed by atoms with E-state index in [9.17, 15) is 22.8 Å². The van der Waals surface area contributed by atoms with Crippen LogP contribution >= 0.6 is 0 Å². The van der Waals surface area contributed by atoms with Gasteiger partial charge in [0.2, 0.25) is 0 Å². The van der Waals surface area contributed by atoms with Gasteiger partial charge in [0.1, 0.15) is 5.82 Å². The fourth-order valence-corrected chi connectivity index (χ4v) is 2.49. The van der Waals surface area contributed by atoms with Gasteiger partial charge in [-0.3, -0.25) is 9.59 Å². The number of carbonyl (C=O) groups excluding carboxylic acids is 2. The van der Waals surface area contributed by atoms with Crippen LogP contribution in [-0.4, -0.2) is 35.0 Å². The second kappa shape index (κ2) is 8.17. The minimum absolute atomic E-state index is 0.00475. The van der Waals surface area contributed by atoms with E-state index >= 15 is 0 Å². The van der Waals surface area contributed by atoms with Crippen LogP contribution in [0.1, 0.15) is 29.7 Å². The SMILES string of the molecule is CC(c1ccc(C(F)(F)F)cc1)N(C)C(=O)C(=O)Nc1cnc(N)c(C=N)c1N. The van der Waals surface area contributed by atoms with Crippen molar-refractivity contribution in [2.24, 2.45) is 0 Å². The molecule has 6 N–H and O–H groups in total. The number of aromatic nitrogens is 1. The Hall–Kier alpha value is -3.63. The van der Waals surface area contributed by atoms with Crippen LogP contribution in [0.5, 0.6) is 0 Å². The number of anilines is 3. The minimum Gasteiger partial charge on any atom is -0.396 e. The molecule has 0 aliphatic rings. The molecule has 29 heavy (non-hydrogen) atoms. The fraction of sp³-hybridized carbons (Fsp3) is 0.222. The molecule has 1 atom stereocenters. The molecule has 0 aliphatic carbocycles. The lowest BCUT2D eigenvalue weighted by Crippen LogP contribution is -2.38. The van der Waals surface area contributed by atoms with Crippen LogP contribution in [-0.2, 0) is 15.8 Å². The summed E-state index contributed by atoms with van der Waals surface area (Å²) < 4.78 is 38.0. The van der Waals surface area contributed by atoms with Crippen LogP contribution in [0.4, 0.5) is 30.4 Å². The maximum absolute atomic E-state index is 12.7. The van der Waals surface area contributed by atoms with Crippen molar-refractivity contribution < 1.29 is 22.8 Å². The molecule has 11 heteroatoms. The van der Waals surface area contributed by atoms with Crippen LogP contribution in [0.3, 0.4) is 0 Å². The van der Waals surface area contributed by atoms with Gasteiger partial charge in [0.25, 0.3) is 0 Å². The second-order valence-electron chi connectivity index (χ2n) is 6.19. The van der Waals surface area contributed by atoms with Crippen molar-refractivity contribution in [3.63, 3.8) is 0 Å². The van der Waals surface area contributed by atoms with E-state index in [1.807, 2.05) is 0 Å². The lowest BCUT2D eigenvalue weighted by Gasteiger charge is -2.25. The summed E-state index contributed by atoms with van der Waals surface area (Å²) in [7, 11) is 1.35. The highest BCUT2D eigenvalue weighted by molar-refractivity contribution is 6.39. The highest BCUT2D eigenvalue weighted by Crippen LogP contribution is 2.30. The van der Waals surface area contributed by atoms with Crippen LogP contribution in [0, 0.1) is 5.41 Å². The van der Waals surface area contributed by atoms with E-state index in [2.05, 4.69) is 10.3 Å². The highest BCUT2D eigenvalue weighted by Gasteiger charge is 2.31. The number of pyridine rings is 1. The lowest BCUT2D eigenvalue weighted by atomic mass is 10.0. The predicted molar refractivity (Wildman–Crippen MR) is 102 cm³/mol. The average Bonchev–Trinajstić information content (AvgIpc) is 2.68. The Bertz CT molecular complexity index is 944. The standard InChI is InChI=1S/C18H19F3N6O2/c1-9(10-3-5-11(6-4-10)18(19,20)21)27(2)17(29)16(28)26-13-8-25-15(24)12(7-22)14(13)23/h3-9,22H,1-2H3,(H,26,28)(H4,23,24,25). The fourth-order valence-electron chi connectivity index (χ4n) is 2.49. The summed E-state index contributed by atoms with van der Waals surface area (Å²) in [4.78, 5) is 29.6. The molecule has 1 aromatic carbocycles. The summed E-state index contributed by atoms with van der Waals surface area (Å²) in [5.41, 5.74) is 11.1. The van der Waals surface area contributed by atoms with Gasteiger partial charge >= 0.3 is 18.0 Å². The van der Waals surface area contributed by atoms with Gasteiger partial charge < -0.3 is 27.1 Å². The van der Waals surface area contributed by atoms with Crippen LogP contribution in [0.25, 0.3) is 0 Å². The Morgan fingerprint density at radius 3 is 2.34 bits per heavy atom. The molecule has 1 heterocycles. The van der Waals surface area contributed by atoms with E-state index in [1.165, 1.54) is 19.2 Å². The molecular formula is C18H19F3N6O2. The number of rotatable bonds is 4. The van der Waals surface area contributed by atoms with Crippen molar-refractivity contribution in [2.75, 3.05) is 23.8 Å². The third kappa shape index (κ3) is 4.62. The zero-order chi connectivity index (χ0) is 21.9. The van der Waals surface area contributed by atoms with Crippen molar-refractivity contribution in [2.45, 2.75) is 19.1 Å². The Labute approximate surface area is 164 Å². The van der Waals surface area contributed by atoms with Gasteiger partial charge in [-0.1, -0.05) is 12.1 Å². The summed E-state index contributed by atoms with van der Waals surface area (Å²) in [6.07, 6.45) is -2.44. The smallest absolute Gasteiger partial charge is 0.396 e. The number of benzene rings is 1. The maximum Gasteiger partial charge on any atom is 0.416 e. The first-order valence-corrected chi connectivity index (χ1v) is 8.27. The molecule has 0 bridgehead atoms. The molecule has 0 aliphatic heterocycles. The third-order valence-electron chi connectivity index (χ3n) is 4.40. The summed E-state index contributed by atoms with van der Waals surface area (Å²) in [5.74, 6) is -1.97. The third-order valence-corrected chi connectivity index (χ3v) is 4.40. The van der Waals surface area contributed by atoms with Crippen LogP contribution in [0.15, 0.2) is 30.5 Å². The number of nitrogens with two attached hydrogens (primary N) is 2. The van der Waals surface area contributed by atoms with E-state index < -0.39 is 29.6 Å². The Balaban J connectivity index is 2.15. The van der Waals surface area contributed by atoms with Gasteiger partial charge in [0.05, 0.1) is 34.7 Å². The van der Waals surface area contributed by atoms with Gasteiger partial charge in [-0.25, -0.2) is 4.98 Å². The van der Waals surface area contributed by atoms with Gasteiger partial charge in [0.15, 0.2) is 0 Å². The first kappa shape index (κ1) is 21.7. The number of amides is 2. The number of alkyl halides is 3. The van der Waals surface area contributed by atoms with Crippen molar-refractivity contribution >= 4 is 35.2 Å². The molecule has 2 amide bonds. The zero-order valence-electron chi connectivity index (χ0n) is 15.5. The van der Waals surface area contributed by atoms with Gasteiger partial charge in [-0.05, 0) is 24.6 Å². The van der Waals surface area contributed by atoms with Crippen LogP contribution in [0.2, 0.25) is 0 Å². The van der Waals surface area contributed by atoms with E-state index in [0.29, 0.717) is 5.56 Å². The van der Waals surface area contributed by atoms with E-state index in [4.69, 9.17) is 16.9 Å². The van der Waals surface area contributed by atoms with Crippen molar-refractivity contribution in [3.8, 4) is 0 Å². The molecule has 154 valence electrons. The first-order chi connectivity index (χ1) is 13.5. The second-order valence-corrected chi connectivity index (χ2v) is 6.19. The number of likely N-dealkylation sites (N-methyl/N-ethyl adjacent to an activating group) is 1. The molecule has 0 saturated carbocycles. The minimum atomic E-state index is -4.47.